The summed E-state index contributed by atoms with van der Waals surface area (Å²) in [4.78, 5) is 12.3. The van der Waals surface area contributed by atoms with Gasteiger partial charge in [0.05, 0.1) is 19.4 Å². The van der Waals surface area contributed by atoms with Crippen molar-refractivity contribution < 1.29 is 19.0 Å². The largest absolute Gasteiger partial charge is 0.495 e. The van der Waals surface area contributed by atoms with Crippen molar-refractivity contribution in [2.45, 2.75) is 20.0 Å². The van der Waals surface area contributed by atoms with E-state index in [0.29, 0.717) is 29.5 Å². The van der Waals surface area contributed by atoms with E-state index in [0.717, 1.165) is 0 Å². The third-order valence-corrected chi connectivity index (χ3v) is 3.19. The molecule has 1 atom stereocenters. The Labute approximate surface area is 136 Å². The summed E-state index contributed by atoms with van der Waals surface area (Å²) in [5.41, 5.74) is 0.605. The number of amides is 1. The molecule has 2 rings (SSSR count). The highest BCUT2D eigenvalue weighted by molar-refractivity contribution is 5.95. The van der Waals surface area contributed by atoms with Crippen LogP contribution in [0.3, 0.4) is 0 Å². The van der Waals surface area contributed by atoms with Gasteiger partial charge in [0.1, 0.15) is 5.75 Å². The summed E-state index contributed by atoms with van der Waals surface area (Å²) in [6.07, 6.45) is -0.679. The molecule has 0 fully saturated rings. The average Bonchev–Trinajstić information content (AvgIpc) is 2.57. The van der Waals surface area contributed by atoms with Crippen LogP contribution in [0.15, 0.2) is 48.5 Å². The predicted octanol–water partition coefficient (Wildman–Crippen LogP) is 3.50. The van der Waals surface area contributed by atoms with Crippen molar-refractivity contribution in [2.24, 2.45) is 0 Å². The maximum absolute atomic E-state index is 12.3. The smallest absolute Gasteiger partial charge is 0.265 e. The summed E-state index contributed by atoms with van der Waals surface area (Å²) in [6, 6.07) is 14.5. The number of methoxy groups -OCH3 is 1. The van der Waals surface area contributed by atoms with Gasteiger partial charge in [0.2, 0.25) is 0 Å². The molecule has 2 aromatic carbocycles. The molecule has 0 radical (unpaired) electrons. The number of carbonyl (C=O) groups is 1. The molecule has 0 bridgehead atoms. The van der Waals surface area contributed by atoms with Crippen LogP contribution < -0.4 is 19.5 Å². The maximum atomic E-state index is 12.3. The lowest BCUT2D eigenvalue weighted by atomic mass is 10.2. The van der Waals surface area contributed by atoms with Crippen LogP contribution in [0.2, 0.25) is 0 Å². The van der Waals surface area contributed by atoms with E-state index in [1.165, 1.54) is 0 Å². The first-order valence-electron chi connectivity index (χ1n) is 7.48. The third-order valence-electron chi connectivity index (χ3n) is 3.19. The molecule has 0 saturated heterocycles. The second-order valence-electron chi connectivity index (χ2n) is 4.83. The highest BCUT2D eigenvalue weighted by Gasteiger charge is 2.18. The van der Waals surface area contributed by atoms with E-state index in [1.54, 1.807) is 32.2 Å². The van der Waals surface area contributed by atoms with Gasteiger partial charge in [-0.1, -0.05) is 24.3 Å². The van der Waals surface area contributed by atoms with Gasteiger partial charge in [0.15, 0.2) is 17.6 Å². The van der Waals surface area contributed by atoms with Crippen molar-refractivity contribution in [1.82, 2.24) is 0 Å². The van der Waals surface area contributed by atoms with Crippen LogP contribution in [-0.4, -0.2) is 25.7 Å². The van der Waals surface area contributed by atoms with Gasteiger partial charge in [-0.2, -0.15) is 0 Å². The van der Waals surface area contributed by atoms with E-state index >= 15 is 0 Å². The van der Waals surface area contributed by atoms with Crippen LogP contribution in [0.4, 0.5) is 5.69 Å². The number of rotatable bonds is 7. The molecule has 1 N–H and O–H groups in total. The molecule has 0 aromatic heterocycles. The van der Waals surface area contributed by atoms with Crippen molar-refractivity contribution >= 4 is 11.6 Å². The minimum Gasteiger partial charge on any atom is -0.495 e. The first kappa shape index (κ1) is 16.7. The minimum absolute atomic E-state index is 0.263. The van der Waals surface area contributed by atoms with Crippen molar-refractivity contribution in [3.63, 3.8) is 0 Å². The molecule has 5 nitrogen and oxygen atoms in total. The molecule has 0 aliphatic rings. The van der Waals surface area contributed by atoms with Gasteiger partial charge in [0.25, 0.3) is 5.91 Å². The van der Waals surface area contributed by atoms with Gasteiger partial charge < -0.3 is 19.5 Å². The van der Waals surface area contributed by atoms with Crippen LogP contribution in [-0.2, 0) is 4.79 Å². The van der Waals surface area contributed by atoms with Crippen LogP contribution in [0, 0.1) is 0 Å². The van der Waals surface area contributed by atoms with E-state index in [-0.39, 0.29) is 5.91 Å². The molecular weight excluding hydrogens is 294 g/mol. The lowest BCUT2D eigenvalue weighted by molar-refractivity contribution is -0.122. The predicted molar refractivity (Wildman–Crippen MR) is 89.3 cm³/mol. The first-order chi connectivity index (χ1) is 11.2. The zero-order chi connectivity index (χ0) is 16.7. The SMILES string of the molecule is CCOc1ccccc1O[C@H](C)C(=O)Nc1ccccc1OC. The van der Waals surface area contributed by atoms with Crippen molar-refractivity contribution in [3.05, 3.63) is 48.5 Å². The van der Waals surface area contributed by atoms with Crippen molar-refractivity contribution in [1.29, 1.82) is 0 Å². The summed E-state index contributed by atoms with van der Waals surface area (Å²) in [7, 11) is 1.56. The zero-order valence-electron chi connectivity index (χ0n) is 13.5. The number of nitrogens with one attached hydrogen (secondary N) is 1. The fraction of sp³-hybridized carbons (Fsp3) is 0.278. The zero-order valence-corrected chi connectivity index (χ0v) is 13.5. The highest BCUT2D eigenvalue weighted by Crippen LogP contribution is 2.28. The molecule has 0 spiro atoms. The average molecular weight is 315 g/mol. The molecule has 1 amide bonds. The third kappa shape index (κ3) is 4.39. The summed E-state index contributed by atoms with van der Waals surface area (Å²) in [5, 5.41) is 2.80. The van der Waals surface area contributed by atoms with Gasteiger partial charge in [-0.3, -0.25) is 4.79 Å². The van der Waals surface area contributed by atoms with E-state index in [4.69, 9.17) is 14.2 Å². The second kappa shape index (κ2) is 8.08. The quantitative estimate of drug-likeness (QED) is 0.849. The molecule has 122 valence electrons. The van der Waals surface area contributed by atoms with Crippen molar-refractivity contribution in [2.75, 3.05) is 19.0 Å². The molecule has 5 heteroatoms. The number of hydrogen-bond donors (Lipinski definition) is 1. The Balaban J connectivity index is 2.06. The Kier molecular flexibility index (Phi) is 5.86. The molecule has 0 aliphatic heterocycles. The summed E-state index contributed by atoms with van der Waals surface area (Å²) in [5.74, 6) is 1.49. The van der Waals surface area contributed by atoms with E-state index in [9.17, 15) is 4.79 Å². The fourth-order valence-electron chi connectivity index (χ4n) is 2.05. The highest BCUT2D eigenvalue weighted by atomic mass is 16.5. The number of hydrogen-bond acceptors (Lipinski definition) is 4. The summed E-state index contributed by atoms with van der Waals surface area (Å²) >= 11 is 0. The number of carbonyl (C=O) groups excluding carboxylic acids is 1. The fourth-order valence-corrected chi connectivity index (χ4v) is 2.05. The maximum Gasteiger partial charge on any atom is 0.265 e. The molecule has 23 heavy (non-hydrogen) atoms. The molecule has 0 unspecified atom stereocenters. The lowest BCUT2D eigenvalue weighted by Gasteiger charge is -2.18. The Bertz CT molecular complexity index is 657. The van der Waals surface area contributed by atoms with E-state index in [2.05, 4.69) is 5.32 Å². The van der Waals surface area contributed by atoms with Crippen LogP contribution >= 0.6 is 0 Å². The number of ether oxygens (including phenoxy) is 3. The number of anilines is 1. The lowest BCUT2D eigenvalue weighted by Crippen LogP contribution is -2.30. The molecule has 0 aliphatic carbocycles. The Hall–Kier alpha value is -2.69. The molecule has 0 heterocycles. The van der Waals surface area contributed by atoms with Gasteiger partial charge in [0, 0.05) is 0 Å². The van der Waals surface area contributed by atoms with Crippen LogP contribution in [0.25, 0.3) is 0 Å². The van der Waals surface area contributed by atoms with Gasteiger partial charge >= 0.3 is 0 Å². The molecular formula is C18H21NO4. The van der Waals surface area contributed by atoms with Gasteiger partial charge in [-0.05, 0) is 38.1 Å². The number of para-hydroxylation sites is 4. The van der Waals surface area contributed by atoms with Gasteiger partial charge in [-0.15, -0.1) is 0 Å². The van der Waals surface area contributed by atoms with Crippen LogP contribution in [0.5, 0.6) is 17.2 Å². The number of benzene rings is 2. The second-order valence-corrected chi connectivity index (χ2v) is 4.83. The van der Waals surface area contributed by atoms with Crippen molar-refractivity contribution in [3.8, 4) is 17.2 Å². The van der Waals surface area contributed by atoms with E-state index in [1.807, 2.05) is 37.3 Å². The minimum atomic E-state index is -0.679. The Morgan fingerprint density at radius 1 is 1.04 bits per heavy atom. The Morgan fingerprint density at radius 3 is 2.30 bits per heavy atom. The topological polar surface area (TPSA) is 56.8 Å². The normalized spacial score (nSPS) is 11.4. The summed E-state index contributed by atoms with van der Waals surface area (Å²) < 4.78 is 16.4. The monoisotopic (exact) mass is 315 g/mol. The standard InChI is InChI=1S/C18H21NO4/c1-4-22-16-11-7-8-12-17(16)23-13(2)18(20)19-14-9-5-6-10-15(14)21-3/h5-13H,4H2,1-3H3,(H,19,20)/t13-/m1/s1. The van der Waals surface area contributed by atoms with Gasteiger partial charge in [-0.25, -0.2) is 0 Å². The first-order valence-corrected chi connectivity index (χ1v) is 7.48. The Morgan fingerprint density at radius 2 is 1.65 bits per heavy atom. The molecule has 2 aromatic rings. The van der Waals surface area contributed by atoms with Crippen LogP contribution in [0.1, 0.15) is 13.8 Å². The summed E-state index contributed by atoms with van der Waals surface area (Å²) in [6.45, 7) is 4.12. The molecule has 0 saturated carbocycles. The van der Waals surface area contributed by atoms with E-state index < -0.39 is 6.10 Å².